The van der Waals surface area contributed by atoms with E-state index in [2.05, 4.69) is 58.5 Å². The molecule has 2 aromatic heterocycles. The first-order valence-corrected chi connectivity index (χ1v) is 14.0. The van der Waals surface area contributed by atoms with Crippen LogP contribution < -0.4 is 10.1 Å². The van der Waals surface area contributed by atoms with Gasteiger partial charge in [-0.15, -0.1) is 0 Å². The van der Waals surface area contributed by atoms with Crippen molar-refractivity contribution in [2.75, 3.05) is 19.7 Å². The number of halogens is 1. The molecule has 0 saturated heterocycles. The summed E-state index contributed by atoms with van der Waals surface area (Å²) in [5.74, 6) is 0.458. The average Bonchev–Trinajstić information content (AvgIpc) is 3.35. The molecule has 0 bridgehead atoms. The Hall–Kier alpha value is -3.46. The van der Waals surface area contributed by atoms with Gasteiger partial charge >= 0.3 is 6.09 Å². The first-order valence-electron chi connectivity index (χ1n) is 14.0. The van der Waals surface area contributed by atoms with Crippen LogP contribution in [0.2, 0.25) is 0 Å². The molecule has 216 valence electrons. The molecule has 0 fully saturated rings. The molecule has 1 aliphatic heterocycles. The minimum Gasteiger partial charge on any atom is -0.476 e. The number of nitrogens with one attached hydrogen (secondary N) is 1. The highest BCUT2D eigenvalue weighted by atomic mass is 19.1. The molecule has 0 unspecified atom stereocenters. The number of carbonyl (C=O) groups excluding carboxylic acids is 1. The van der Waals surface area contributed by atoms with Gasteiger partial charge < -0.3 is 14.8 Å². The molecule has 40 heavy (non-hydrogen) atoms. The van der Waals surface area contributed by atoms with Crippen molar-refractivity contribution >= 4 is 6.09 Å². The standard InChI is InChI=1S/C31H42FN5O3/c1-8-36-19-25(18-35-36)22-9-11-26-24(16-22)15-21(2)37(20-31(6,7)32)28(26)23-10-12-27(34-17-23)39-14-13-33-29(38)40-30(3,4)5/h9-12,16-19,21,28H,8,13-15,20H2,1-7H3,(H,33,38)/t21-,28-/m1/s1. The zero-order chi connectivity index (χ0) is 29.1. The van der Waals surface area contributed by atoms with Crippen LogP contribution in [-0.2, 0) is 17.7 Å². The Balaban J connectivity index is 1.53. The molecular weight excluding hydrogens is 509 g/mol. The Labute approximate surface area is 236 Å². The van der Waals surface area contributed by atoms with Gasteiger partial charge in [0.2, 0.25) is 5.88 Å². The monoisotopic (exact) mass is 551 g/mol. The number of nitrogens with zero attached hydrogens (tertiary/aromatic N) is 4. The first-order chi connectivity index (χ1) is 18.8. The van der Waals surface area contributed by atoms with Gasteiger partial charge in [0.05, 0.1) is 18.8 Å². The number of carbonyl (C=O) groups is 1. The Morgan fingerprint density at radius 3 is 2.52 bits per heavy atom. The van der Waals surface area contributed by atoms with Crippen molar-refractivity contribution < 1.29 is 18.7 Å². The van der Waals surface area contributed by atoms with Crippen molar-refractivity contribution in [3.63, 3.8) is 0 Å². The van der Waals surface area contributed by atoms with Gasteiger partial charge in [-0.1, -0.05) is 24.3 Å². The van der Waals surface area contributed by atoms with Gasteiger partial charge in [-0.2, -0.15) is 5.10 Å². The maximum Gasteiger partial charge on any atom is 0.407 e. The number of amides is 1. The van der Waals surface area contributed by atoms with Gasteiger partial charge in [-0.3, -0.25) is 9.58 Å². The van der Waals surface area contributed by atoms with Crippen LogP contribution in [0.25, 0.3) is 11.1 Å². The molecule has 0 aliphatic carbocycles. The second kappa shape index (κ2) is 12.0. The van der Waals surface area contributed by atoms with Crippen LogP contribution in [-0.4, -0.2) is 62.8 Å². The topological polar surface area (TPSA) is 81.5 Å². The molecule has 1 aliphatic rings. The lowest BCUT2D eigenvalue weighted by atomic mass is 9.83. The number of aryl methyl sites for hydroxylation is 1. The summed E-state index contributed by atoms with van der Waals surface area (Å²) in [4.78, 5) is 18.6. The van der Waals surface area contributed by atoms with E-state index in [0.29, 0.717) is 19.0 Å². The van der Waals surface area contributed by atoms with E-state index >= 15 is 0 Å². The predicted molar refractivity (Wildman–Crippen MR) is 154 cm³/mol. The Morgan fingerprint density at radius 1 is 1.12 bits per heavy atom. The molecule has 2 atom stereocenters. The average molecular weight is 552 g/mol. The molecule has 1 amide bonds. The summed E-state index contributed by atoms with van der Waals surface area (Å²) in [6.45, 7) is 14.6. The van der Waals surface area contributed by atoms with Gasteiger partial charge in [-0.05, 0) is 77.1 Å². The van der Waals surface area contributed by atoms with Crippen molar-refractivity contribution in [1.29, 1.82) is 0 Å². The second-order valence-electron chi connectivity index (χ2n) is 12.1. The largest absolute Gasteiger partial charge is 0.476 e. The number of pyridine rings is 1. The summed E-state index contributed by atoms with van der Waals surface area (Å²) < 4.78 is 27.9. The molecule has 9 heteroatoms. The lowest BCUT2D eigenvalue weighted by molar-refractivity contribution is 0.0520. The summed E-state index contributed by atoms with van der Waals surface area (Å²) in [5, 5.41) is 7.11. The number of rotatable bonds is 9. The number of alkyl halides is 1. The fourth-order valence-electron chi connectivity index (χ4n) is 5.10. The van der Waals surface area contributed by atoms with Crippen molar-refractivity contribution in [1.82, 2.24) is 25.0 Å². The minimum absolute atomic E-state index is 0.135. The molecule has 0 spiro atoms. The summed E-state index contributed by atoms with van der Waals surface area (Å²) in [5.41, 5.74) is 3.70. The third-order valence-electron chi connectivity index (χ3n) is 6.80. The number of aromatic nitrogens is 3. The highest BCUT2D eigenvalue weighted by molar-refractivity contribution is 5.67. The molecule has 3 heterocycles. The van der Waals surface area contributed by atoms with Crippen LogP contribution in [0, 0.1) is 0 Å². The summed E-state index contributed by atoms with van der Waals surface area (Å²) in [7, 11) is 0. The summed E-state index contributed by atoms with van der Waals surface area (Å²) >= 11 is 0. The fourth-order valence-corrected chi connectivity index (χ4v) is 5.10. The van der Waals surface area contributed by atoms with Gasteiger partial charge in [-0.25, -0.2) is 14.2 Å². The molecule has 0 radical (unpaired) electrons. The minimum atomic E-state index is -1.35. The SMILES string of the molecule is CCn1cc(-c2ccc3c(c2)C[C@@H](C)N(CC(C)(C)F)[C@@H]3c2ccc(OCCNC(=O)OC(C)(C)C)nc2)cn1. The van der Waals surface area contributed by atoms with Crippen LogP contribution in [0.15, 0.2) is 48.9 Å². The van der Waals surface area contributed by atoms with E-state index in [1.54, 1.807) is 20.0 Å². The van der Waals surface area contributed by atoms with E-state index in [0.717, 1.165) is 35.2 Å². The lowest BCUT2D eigenvalue weighted by Crippen LogP contribution is -2.47. The van der Waals surface area contributed by atoms with Crippen molar-refractivity contribution in [2.24, 2.45) is 0 Å². The number of benzene rings is 1. The van der Waals surface area contributed by atoms with E-state index in [1.165, 1.54) is 5.56 Å². The smallest absolute Gasteiger partial charge is 0.407 e. The maximum absolute atomic E-state index is 15.0. The first kappa shape index (κ1) is 29.5. The number of hydrogen-bond acceptors (Lipinski definition) is 6. The molecule has 1 aromatic carbocycles. The molecule has 3 aromatic rings. The fraction of sp³-hybridized carbons (Fsp3) is 0.516. The number of ether oxygens (including phenoxy) is 2. The number of fused-ring (bicyclic) bond motifs is 1. The van der Waals surface area contributed by atoms with Crippen LogP contribution in [0.4, 0.5) is 9.18 Å². The van der Waals surface area contributed by atoms with E-state index in [-0.39, 0.29) is 18.7 Å². The number of hydrogen-bond donors (Lipinski definition) is 1. The highest BCUT2D eigenvalue weighted by Crippen LogP contribution is 2.40. The summed E-state index contributed by atoms with van der Waals surface area (Å²) in [6, 6.07) is 10.3. The van der Waals surface area contributed by atoms with E-state index < -0.39 is 17.4 Å². The summed E-state index contributed by atoms with van der Waals surface area (Å²) in [6.07, 6.45) is 6.12. The van der Waals surface area contributed by atoms with Gasteiger partial charge in [0, 0.05) is 43.2 Å². The van der Waals surface area contributed by atoms with Crippen molar-refractivity contribution in [3.05, 3.63) is 65.6 Å². The zero-order valence-electron chi connectivity index (χ0n) is 24.7. The Bertz CT molecular complexity index is 1290. The third kappa shape index (κ3) is 7.59. The van der Waals surface area contributed by atoms with Crippen LogP contribution in [0.1, 0.15) is 71.2 Å². The van der Waals surface area contributed by atoms with E-state index in [9.17, 15) is 9.18 Å². The molecule has 8 nitrogen and oxygen atoms in total. The van der Waals surface area contributed by atoms with E-state index in [4.69, 9.17) is 9.47 Å². The van der Waals surface area contributed by atoms with Crippen LogP contribution in [0.5, 0.6) is 5.88 Å². The normalized spacial score (nSPS) is 17.8. The van der Waals surface area contributed by atoms with Crippen LogP contribution in [0.3, 0.4) is 0 Å². The lowest BCUT2D eigenvalue weighted by Gasteiger charge is -2.44. The second-order valence-corrected chi connectivity index (χ2v) is 12.1. The van der Waals surface area contributed by atoms with Gasteiger partial charge in [0.15, 0.2) is 0 Å². The highest BCUT2D eigenvalue weighted by Gasteiger charge is 2.37. The van der Waals surface area contributed by atoms with Crippen LogP contribution >= 0.6 is 0 Å². The Kier molecular flexibility index (Phi) is 8.83. The maximum atomic E-state index is 15.0. The molecular formula is C31H42FN5O3. The Morgan fingerprint density at radius 2 is 1.90 bits per heavy atom. The third-order valence-corrected chi connectivity index (χ3v) is 6.80. The van der Waals surface area contributed by atoms with Crippen molar-refractivity contribution in [3.8, 4) is 17.0 Å². The zero-order valence-corrected chi connectivity index (χ0v) is 24.7. The molecule has 0 saturated carbocycles. The molecule has 1 N–H and O–H groups in total. The number of alkyl carbamates (subject to hydrolysis) is 1. The quantitative estimate of drug-likeness (QED) is 0.331. The molecule has 4 rings (SSSR count). The van der Waals surface area contributed by atoms with Crippen molar-refractivity contribution in [2.45, 2.75) is 84.8 Å². The predicted octanol–water partition coefficient (Wildman–Crippen LogP) is 5.95. The van der Waals surface area contributed by atoms with Gasteiger partial charge in [0.1, 0.15) is 17.9 Å². The van der Waals surface area contributed by atoms with E-state index in [1.807, 2.05) is 43.8 Å². The van der Waals surface area contributed by atoms with Gasteiger partial charge in [0.25, 0.3) is 0 Å².